The second-order valence-corrected chi connectivity index (χ2v) is 4.98. The molecule has 0 atom stereocenters. The molecular weight excluding hydrogens is 268 g/mol. The summed E-state index contributed by atoms with van der Waals surface area (Å²) >= 11 is 0. The zero-order chi connectivity index (χ0) is 15.1. The van der Waals surface area contributed by atoms with Crippen molar-refractivity contribution in [3.63, 3.8) is 0 Å². The summed E-state index contributed by atoms with van der Waals surface area (Å²) in [5, 5.41) is 8.39. The highest BCUT2D eigenvalue weighted by molar-refractivity contribution is 5.74. The van der Waals surface area contributed by atoms with E-state index in [1.54, 1.807) is 5.48 Å². The van der Waals surface area contributed by atoms with E-state index in [4.69, 9.17) is 9.62 Å². The first kappa shape index (κ1) is 15.3. The number of carbonyl (C=O) groups is 1. The molecule has 2 rings (SSSR count). The quantitative estimate of drug-likeness (QED) is 0.466. The molecule has 0 bridgehead atoms. The van der Waals surface area contributed by atoms with Crippen molar-refractivity contribution < 1.29 is 14.4 Å². The van der Waals surface area contributed by atoms with Gasteiger partial charge in [0.05, 0.1) is 5.69 Å². The van der Waals surface area contributed by atoms with Crippen molar-refractivity contribution in [1.82, 2.24) is 10.5 Å². The van der Waals surface area contributed by atoms with E-state index in [9.17, 15) is 4.79 Å². The minimum atomic E-state index is -0.340. The van der Waals surface area contributed by atoms with Crippen LogP contribution < -0.4 is 5.48 Å². The number of hydrogen-bond donors (Lipinski definition) is 2. The highest BCUT2D eigenvalue weighted by Crippen LogP contribution is 2.24. The number of hydrogen-bond acceptors (Lipinski definition) is 4. The second-order valence-electron chi connectivity index (χ2n) is 4.98. The van der Waals surface area contributed by atoms with Crippen LogP contribution in [0.3, 0.4) is 0 Å². The molecule has 2 aromatic rings. The summed E-state index contributed by atoms with van der Waals surface area (Å²) in [7, 11) is 0. The molecule has 21 heavy (non-hydrogen) atoms. The fourth-order valence-electron chi connectivity index (χ4n) is 2.21. The molecule has 0 aliphatic carbocycles. The molecule has 5 nitrogen and oxygen atoms in total. The van der Waals surface area contributed by atoms with Gasteiger partial charge in [-0.15, -0.1) is 0 Å². The van der Waals surface area contributed by atoms with Crippen molar-refractivity contribution in [3.8, 4) is 11.3 Å². The van der Waals surface area contributed by atoms with E-state index in [1.807, 2.05) is 37.3 Å². The Bertz CT molecular complexity index is 578. The number of aromatic nitrogens is 1. The molecule has 2 N–H and O–H groups in total. The third-order valence-electron chi connectivity index (χ3n) is 3.30. The number of hydroxylamine groups is 1. The van der Waals surface area contributed by atoms with Gasteiger partial charge in [0.1, 0.15) is 0 Å². The van der Waals surface area contributed by atoms with Gasteiger partial charge in [-0.25, -0.2) is 10.5 Å². The van der Waals surface area contributed by atoms with Crippen LogP contribution in [0.1, 0.15) is 37.3 Å². The number of carbonyl (C=O) groups excluding carboxylic acids is 1. The minimum Gasteiger partial charge on any atom is -0.440 e. The van der Waals surface area contributed by atoms with E-state index in [0.29, 0.717) is 6.42 Å². The van der Waals surface area contributed by atoms with E-state index >= 15 is 0 Å². The Morgan fingerprint density at radius 2 is 2.00 bits per heavy atom. The van der Waals surface area contributed by atoms with Crippen LogP contribution in [-0.4, -0.2) is 16.1 Å². The molecule has 0 aliphatic heterocycles. The average molecular weight is 288 g/mol. The largest absolute Gasteiger partial charge is 0.440 e. The predicted molar refractivity (Wildman–Crippen MR) is 78.8 cm³/mol. The summed E-state index contributed by atoms with van der Waals surface area (Å²) in [6.45, 7) is 1.95. The van der Waals surface area contributed by atoms with Gasteiger partial charge in [-0.05, 0) is 19.8 Å². The van der Waals surface area contributed by atoms with Gasteiger partial charge in [-0.1, -0.05) is 36.8 Å². The zero-order valence-corrected chi connectivity index (χ0v) is 12.1. The van der Waals surface area contributed by atoms with Gasteiger partial charge in [0.2, 0.25) is 5.91 Å². The van der Waals surface area contributed by atoms with Crippen LogP contribution in [0.2, 0.25) is 0 Å². The Morgan fingerprint density at radius 3 is 2.71 bits per heavy atom. The van der Waals surface area contributed by atoms with Crippen LogP contribution in [0.5, 0.6) is 0 Å². The number of oxazole rings is 1. The molecule has 1 heterocycles. The summed E-state index contributed by atoms with van der Waals surface area (Å²) < 4.78 is 5.82. The lowest BCUT2D eigenvalue weighted by Crippen LogP contribution is -2.17. The first-order valence-corrected chi connectivity index (χ1v) is 7.15. The van der Waals surface area contributed by atoms with Crippen molar-refractivity contribution in [2.45, 2.75) is 39.0 Å². The second kappa shape index (κ2) is 7.59. The Labute approximate surface area is 124 Å². The third-order valence-corrected chi connectivity index (χ3v) is 3.30. The molecule has 1 aromatic heterocycles. The lowest BCUT2D eigenvalue weighted by atomic mass is 10.1. The van der Waals surface area contributed by atoms with E-state index < -0.39 is 0 Å². The number of nitrogens with zero attached hydrogens (tertiary/aromatic N) is 1. The molecule has 0 unspecified atom stereocenters. The van der Waals surface area contributed by atoms with Crippen LogP contribution in [0.15, 0.2) is 34.7 Å². The number of benzene rings is 1. The standard InChI is InChI=1S/C16H20N2O3/c1-12-16(13-8-4-2-5-9-13)21-15(17-12)11-7-3-6-10-14(19)18-20/h2,4-5,8-9,20H,3,6-7,10-11H2,1H3,(H,18,19). The van der Waals surface area contributed by atoms with Crippen LogP contribution >= 0.6 is 0 Å². The molecule has 0 aliphatic rings. The molecule has 0 saturated heterocycles. The molecule has 112 valence electrons. The maximum atomic E-state index is 10.9. The summed E-state index contributed by atoms with van der Waals surface area (Å²) in [6, 6.07) is 9.93. The van der Waals surface area contributed by atoms with Crippen molar-refractivity contribution in [2.24, 2.45) is 0 Å². The Hall–Kier alpha value is -2.14. The Balaban J connectivity index is 1.84. The van der Waals surface area contributed by atoms with Gasteiger partial charge >= 0.3 is 0 Å². The Morgan fingerprint density at radius 1 is 1.24 bits per heavy atom. The highest BCUT2D eigenvalue weighted by Gasteiger charge is 2.11. The van der Waals surface area contributed by atoms with Crippen LogP contribution in [0, 0.1) is 6.92 Å². The lowest BCUT2D eigenvalue weighted by Gasteiger charge is -1.99. The zero-order valence-electron chi connectivity index (χ0n) is 12.1. The molecular formula is C16H20N2O3. The average Bonchev–Trinajstić information content (AvgIpc) is 2.88. The van der Waals surface area contributed by atoms with Crippen molar-refractivity contribution >= 4 is 5.91 Å². The molecule has 1 amide bonds. The number of aryl methyl sites for hydroxylation is 2. The Kier molecular flexibility index (Phi) is 5.51. The van der Waals surface area contributed by atoms with Gasteiger partial charge in [0.15, 0.2) is 11.7 Å². The number of rotatable bonds is 7. The third kappa shape index (κ3) is 4.43. The fourth-order valence-corrected chi connectivity index (χ4v) is 2.21. The SMILES string of the molecule is Cc1nc(CCCCCC(=O)NO)oc1-c1ccccc1. The van der Waals surface area contributed by atoms with Gasteiger partial charge < -0.3 is 4.42 Å². The lowest BCUT2D eigenvalue weighted by molar-refractivity contribution is -0.129. The molecule has 0 radical (unpaired) electrons. The van der Waals surface area contributed by atoms with Crippen molar-refractivity contribution in [2.75, 3.05) is 0 Å². The minimum absolute atomic E-state index is 0.340. The number of unbranched alkanes of at least 4 members (excludes halogenated alkanes) is 2. The first-order valence-electron chi connectivity index (χ1n) is 7.15. The van der Waals surface area contributed by atoms with E-state index in [0.717, 1.165) is 48.6 Å². The van der Waals surface area contributed by atoms with Gasteiger partial charge in [-0.3, -0.25) is 10.0 Å². The number of nitrogens with one attached hydrogen (secondary N) is 1. The van der Waals surface area contributed by atoms with Gasteiger partial charge in [0, 0.05) is 18.4 Å². The highest BCUT2D eigenvalue weighted by atomic mass is 16.5. The molecule has 1 aromatic carbocycles. The maximum absolute atomic E-state index is 10.9. The molecule has 5 heteroatoms. The van der Waals surface area contributed by atoms with Gasteiger partial charge in [-0.2, -0.15) is 0 Å². The molecule has 0 saturated carbocycles. The molecule has 0 fully saturated rings. The fraction of sp³-hybridized carbons (Fsp3) is 0.375. The summed E-state index contributed by atoms with van der Waals surface area (Å²) in [5.74, 6) is 1.22. The smallest absolute Gasteiger partial charge is 0.243 e. The molecule has 0 spiro atoms. The maximum Gasteiger partial charge on any atom is 0.243 e. The van der Waals surface area contributed by atoms with Gasteiger partial charge in [0.25, 0.3) is 0 Å². The first-order chi connectivity index (χ1) is 10.2. The normalized spacial score (nSPS) is 10.6. The van der Waals surface area contributed by atoms with Crippen molar-refractivity contribution in [3.05, 3.63) is 41.9 Å². The predicted octanol–water partition coefficient (Wildman–Crippen LogP) is 3.26. The van der Waals surface area contributed by atoms with Crippen LogP contribution in [-0.2, 0) is 11.2 Å². The summed E-state index contributed by atoms with van der Waals surface area (Å²) in [4.78, 5) is 15.3. The topological polar surface area (TPSA) is 75.4 Å². The van der Waals surface area contributed by atoms with E-state index in [2.05, 4.69) is 4.98 Å². The van der Waals surface area contributed by atoms with Crippen molar-refractivity contribution in [1.29, 1.82) is 0 Å². The monoisotopic (exact) mass is 288 g/mol. The summed E-state index contributed by atoms with van der Waals surface area (Å²) in [6.07, 6.45) is 3.66. The van der Waals surface area contributed by atoms with E-state index in [-0.39, 0.29) is 5.91 Å². The van der Waals surface area contributed by atoms with E-state index in [1.165, 1.54) is 0 Å². The van der Waals surface area contributed by atoms with Crippen LogP contribution in [0.4, 0.5) is 0 Å². The number of amides is 1. The summed E-state index contributed by atoms with van der Waals surface area (Å²) in [5.41, 5.74) is 3.57. The van der Waals surface area contributed by atoms with Crippen LogP contribution in [0.25, 0.3) is 11.3 Å².